The average molecular weight is 256 g/mol. The molecule has 1 heterocycles. The van der Waals surface area contributed by atoms with E-state index in [-0.39, 0.29) is 17.6 Å². The maximum Gasteiger partial charge on any atom is 0.200 e. The number of hydrogen-bond acceptors (Lipinski definition) is 3. The van der Waals surface area contributed by atoms with Gasteiger partial charge >= 0.3 is 0 Å². The molecule has 0 saturated heterocycles. The second-order valence-electron chi connectivity index (χ2n) is 4.19. The van der Waals surface area contributed by atoms with Gasteiger partial charge < -0.3 is 4.74 Å². The SMILES string of the molecule is CC(C)OCC1=CS(=O)(=O)c2ccc(F)cc21. The lowest BCUT2D eigenvalue weighted by atomic mass is 10.1. The van der Waals surface area contributed by atoms with Gasteiger partial charge in [-0.05, 0) is 37.6 Å². The topological polar surface area (TPSA) is 43.4 Å². The highest BCUT2D eigenvalue weighted by molar-refractivity contribution is 7.95. The van der Waals surface area contributed by atoms with Crippen LogP contribution in [0.4, 0.5) is 4.39 Å². The number of benzene rings is 1. The zero-order chi connectivity index (χ0) is 12.6. The van der Waals surface area contributed by atoms with Crippen molar-refractivity contribution in [2.24, 2.45) is 0 Å². The molecule has 5 heteroatoms. The van der Waals surface area contributed by atoms with Gasteiger partial charge in [-0.15, -0.1) is 0 Å². The highest BCUT2D eigenvalue weighted by atomic mass is 32.2. The van der Waals surface area contributed by atoms with Crippen molar-refractivity contribution in [3.05, 3.63) is 35.0 Å². The van der Waals surface area contributed by atoms with E-state index in [1.54, 1.807) is 0 Å². The Balaban J connectivity index is 2.41. The molecule has 17 heavy (non-hydrogen) atoms. The quantitative estimate of drug-likeness (QED) is 0.780. The van der Waals surface area contributed by atoms with Crippen LogP contribution in [-0.4, -0.2) is 21.1 Å². The van der Waals surface area contributed by atoms with Crippen LogP contribution in [0.2, 0.25) is 0 Å². The van der Waals surface area contributed by atoms with E-state index >= 15 is 0 Å². The van der Waals surface area contributed by atoms with Crippen LogP contribution < -0.4 is 0 Å². The van der Waals surface area contributed by atoms with Gasteiger partial charge in [-0.1, -0.05) is 0 Å². The first-order chi connectivity index (χ1) is 7.90. The Morgan fingerprint density at radius 3 is 2.71 bits per heavy atom. The second-order valence-corrected chi connectivity index (χ2v) is 5.95. The van der Waals surface area contributed by atoms with E-state index in [0.29, 0.717) is 11.1 Å². The maximum atomic E-state index is 13.1. The molecule has 1 aromatic rings. The summed E-state index contributed by atoms with van der Waals surface area (Å²) in [6.07, 6.45) is -0.00351. The molecule has 0 radical (unpaired) electrons. The predicted molar refractivity (Wildman–Crippen MR) is 62.7 cm³/mol. The minimum atomic E-state index is -3.43. The van der Waals surface area contributed by atoms with Gasteiger partial charge in [0.1, 0.15) is 5.82 Å². The van der Waals surface area contributed by atoms with Crippen molar-refractivity contribution in [3.63, 3.8) is 0 Å². The first-order valence-electron chi connectivity index (χ1n) is 5.27. The van der Waals surface area contributed by atoms with Crippen molar-refractivity contribution in [1.29, 1.82) is 0 Å². The zero-order valence-corrected chi connectivity index (χ0v) is 10.4. The van der Waals surface area contributed by atoms with Crippen molar-refractivity contribution < 1.29 is 17.5 Å². The first-order valence-corrected chi connectivity index (χ1v) is 6.82. The third-order valence-electron chi connectivity index (χ3n) is 2.46. The molecular weight excluding hydrogens is 243 g/mol. The standard InChI is InChI=1S/C12H13FO3S/c1-8(2)16-6-9-7-17(14,15)12-4-3-10(13)5-11(9)12/h3-5,7-8H,6H2,1-2H3. The predicted octanol–water partition coefficient (Wildman–Crippen LogP) is 2.38. The van der Waals surface area contributed by atoms with E-state index in [9.17, 15) is 12.8 Å². The summed E-state index contributed by atoms with van der Waals surface area (Å²) >= 11 is 0. The van der Waals surface area contributed by atoms with Gasteiger partial charge in [-0.25, -0.2) is 12.8 Å². The van der Waals surface area contributed by atoms with Gasteiger partial charge in [-0.3, -0.25) is 0 Å². The minimum absolute atomic E-state index is 0.00351. The molecule has 0 amide bonds. The fourth-order valence-corrected chi connectivity index (χ4v) is 3.13. The molecule has 0 atom stereocenters. The van der Waals surface area contributed by atoms with E-state index in [1.807, 2.05) is 13.8 Å². The number of ether oxygens (including phenoxy) is 1. The third kappa shape index (κ3) is 2.40. The Kier molecular flexibility index (Phi) is 3.05. The number of halogens is 1. The third-order valence-corrected chi connectivity index (χ3v) is 4.03. The molecule has 0 unspecified atom stereocenters. The van der Waals surface area contributed by atoms with Crippen molar-refractivity contribution in [2.45, 2.75) is 24.8 Å². The van der Waals surface area contributed by atoms with Crippen LogP contribution in [0.15, 0.2) is 28.5 Å². The Hall–Kier alpha value is -1.20. The van der Waals surface area contributed by atoms with Gasteiger partial charge in [0, 0.05) is 11.0 Å². The molecule has 2 rings (SSSR count). The van der Waals surface area contributed by atoms with Gasteiger partial charge in [0.05, 0.1) is 17.6 Å². The number of rotatable bonds is 3. The maximum absolute atomic E-state index is 13.1. The largest absolute Gasteiger partial charge is 0.374 e. The molecule has 0 spiro atoms. The van der Waals surface area contributed by atoms with Crippen LogP contribution in [0.1, 0.15) is 19.4 Å². The summed E-state index contributed by atoms with van der Waals surface area (Å²) in [5.74, 6) is -0.448. The lowest BCUT2D eigenvalue weighted by molar-refractivity contribution is 0.107. The fourth-order valence-electron chi connectivity index (χ4n) is 1.68. The number of fused-ring (bicyclic) bond motifs is 1. The average Bonchev–Trinajstić information content (AvgIpc) is 2.47. The van der Waals surface area contributed by atoms with Crippen LogP contribution in [-0.2, 0) is 14.6 Å². The molecule has 0 aromatic heterocycles. The molecule has 0 fully saturated rings. The van der Waals surface area contributed by atoms with Crippen molar-refractivity contribution in [2.75, 3.05) is 6.61 Å². The number of hydrogen-bond donors (Lipinski definition) is 0. The molecule has 0 N–H and O–H groups in total. The molecule has 0 aliphatic carbocycles. The lowest BCUT2D eigenvalue weighted by Crippen LogP contribution is -2.05. The molecule has 1 aliphatic heterocycles. The Labute approximate surface area is 99.8 Å². The normalized spacial score (nSPS) is 17.1. The van der Waals surface area contributed by atoms with Crippen molar-refractivity contribution in [3.8, 4) is 0 Å². The van der Waals surface area contributed by atoms with Crippen molar-refractivity contribution >= 4 is 15.4 Å². The summed E-state index contributed by atoms with van der Waals surface area (Å²) < 4.78 is 42.0. The molecule has 3 nitrogen and oxygen atoms in total. The molecule has 0 bridgehead atoms. The molecule has 0 saturated carbocycles. The van der Waals surface area contributed by atoms with E-state index < -0.39 is 15.7 Å². The monoisotopic (exact) mass is 256 g/mol. The van der Waals surface area contributed by atoms with E-state index in [4.69, 9.17) is 4.74 Å². The second kappa shape index (κ2) is 4.23. The van der Waals surface area contributed by atoms with Gasteiger partial charge in [-0.2, -0.15) is 0 Å². The number of sulfone groups is 1. The molecule has 92 valence electrons. The van der Waals surface area contributed by atoms with Gasteiger partial charge in [0.2, 0.25) is 9.84 Å². The Morgan fingerprint density at radius 2 is 2.06 bits per heavy atom. The van der Waals surface area contributed by atoms with Crippen LogP contribution >= 0.6 is 0 Å². The lowest BCUT2D eigenvalue weighted by Gasteiger charge is -2.08. The first kappa shape index (κ1) is 12.3. The summed E-state index contributed by atoms with van der Waals surface area (Å²) in [6, 6.07) is 3.67. The summed E-state index contributed by atoms with van der Waals surface area (Å²) in [7, 11) is -3.43. The molecular formula is C12H13FO3S. The van der Waals surface area contributed by atoms with Gasteiger partial charge in [0.15, 0.2) is 0 Å². The van der Waals surface area contributed by atoms with Crippen molar-refractivity contribution in [1.82, 2.24) is 0 Å². The van der Waals surface area contributed by atoms with Crippen LogP contribution in [0.3, 0.4) is 0 Å². The summed E-state index contributed by atoms with van der Waals surface area (Å²) in [4.78, 5) is 0.154. The smallest absolute Gasteiger partial charge is 0.200 e. The summed E-state index contributed by atoms with van der Waals surface area (Å²) in [5, 5.41) is 1.15. The van der Waals surface area contributed by atoms with E-state index in [2.05, 4.69) is 0 Å². The van der Waals surface area contributed by atoms with Gasteiger partial charge in [0.25, 0.3) is 0 Å². The Morgan fingerprint density at radius 1 is 1.35 bits per heavy atom. The fraction of sp³-hybridized carbons (Fsp3) is 0.333. The van der Waals surface area contributed by atoms with Crippen LogP contribution in [0.25, 0.3) is 5.57 Å². The van der Waals surface area contributed by atoms with E-state index in [0.717, 1.165) is 11.5 Å². The van der Waals surface area contributed by atoms with Crippen LogP contribution in [0.5, 0.6) is 0 Å². The van der Waals surface area contributed by atoms with E-state index in [1.165, 1.54) is 12.1 Å². The summed E-state index contributed by atoms with van der Waals surface area (Å²) in [6.45, 7) is 3.89. The molecule has 1 aromatic carbocycles. The highest BCUT2D eigenvalue weighted by Gasteiger charge is 2.27. The summed E-state index contributed by atoms with van der Waals surface area (Å²) in [5.41, 5.74) is 0.916. The highest BCUT2D eigenvalue weighted by Crippen LogP contribution is 2.33. The molecule has 1 aliphatic rings. The zero-order valence-electron chi connectivity index (χ0n) is 9.60. The van der Waals surface area contributed by atoms with Crippen LogP contribution in [0, 0.1) is 5.82 Å². The Bertz CT molecular complexity index is 573. The minimum Gasteiger partial charge on any atom is -0.374 e.